The van der Waals surface area contributed by atoms with Gasteiger partial charge in [-0.25, -0.2) is 0 Å². The summed E-state index contributed by atoms with van der Waals surface area (Å²) in [5.74, 6) is -2.77. The first-order valence-electron chi connectivity index (χ1n) is 5.19. The maximum Gasteiger partial charge on any atom is 0.402 e. The van der Waals surface area contributed by atoms with Gasteiger partial charge in [-0.15, -0.1) is 11.8 Å². The molecule has 1 atom stereocenters. The van der Waals surface area contributed by atoms with Crippen LogP contribution in [-0.2, 0) is 0 Å². The van der Waals surface area contributed by atoms with Crippen molar-refractivity contribution in [2.75, 3.05) is 12.9 Å². The molecular formula is C11H13F3N2O2S. The van der Waals surface area contributed by atoms with Crippen molar-refractivity contribution in [3.05, 3.63) is 24.3 Å². The zero-order chi connectivity index (χ0) is 14.5. The zero-order valence-corrected chi connectivity index (χ0v) is 10.8. The van der Waals surface area contributed by atoms with Gasteiger partial charge in [0, 0.05) is 4.90 Å². The molecule has 1 unspecified atom stereocenters. The minimum Gasteiger partial charge on any atom is -0.492 e. The largest absolute Gasteiger partial charge is 0.492 e. The fourth-order valence-corrected chi connectivity index (χ4v) is 1.68. The topological polar surface area (TPSA) is 67.8 Å². The summed E-state index contributed by atoms with van der Waals surface area (Å²) in [5, 5.41) is 10.7. The molecule has 0 aromatic heterocycles. The summed E-state index contributed by atoms with van der Waals surface area (Å²) < 4.78 is 42.9. The highest BCUT2D eigenvalue weighted by Gasteiger charge is 2.43. The minimum absolute atomic E-state index is 0.290. The van der Waals surface area contributed by atoms with E-state index >= 15 is 0 Å². The number of oxime groups is 1. The molecule has 0 amide bonds. The molecule has 1 aromatic rings. The maximum absolute atomic E-state index is 12.6. The summed E-state index contributed by atoms with van der Waals surface area (Å²) >= 11 is 1.51. The first kappa shape index (κ1) is 15.5. The van der Waals surface area contributed by atoms with Gasteiger partial charge in [0.2, 0.25) is 0 Å². The van der Waals surface area contributed by atoms with Crippen LogP contribution in [0.5, 0.6) is 5.75 Å². The molecule has 19 heavy (non-hydrogen) atoms. The van der Waals surface area contributed by atoms with Crippen LogP contribution < -0.4 is 10.5 Å². The first-order valence-corrected chi connectivity index (χ1v) is 6.42. The molecule has 0 radical (unpaired) electrons. The average molecular weight is 294 g/mol. The van der Waals surface area contributed by atoms with E-state index in [1.165, 1.54) is 11.8 Å². The van der Waals surface area contributed by atoms with Crippen LogP contribution in [0.1, 0.15) is 0 Å². The minimum atomic E-state index is -4.63. The standard InChI is InChI=1S/C11H13F3N2O2S/c1-19-8-4-2-7(3-5-8)18-6-9(10(15)16-17)11(12,13)14/h2-5,9,17H,6H2,1H3,(H2,15,16). The monoisotopic (exact) mass is 294 g/mol. The number of amidine groups is 1. The van der Waals surface area contributed by atoms with E-state index in [1.807, 2.05) is 6.26 Å². The van der Waals surface area contributed by atoms with Gasteiger partial charge in [-0.1, -0.05) is 5.16 Å². The number of thioether (sulfide) groups is 1. The second-order valence-electron chi connectivity index (χ2n) is 3.61. The highest BCUT2D eigenvalue weighted by Crippen LogP contribution is 2.27. The molecule has 0 aliphatic heterocycles. The van der Waals surface area contributed by atoms with E-state index in [0.29, 0.717) is 0 Å². The lowest BCUT2D eigenvalue weighted by Crippen LogP contribution is -2.40. The number of rotatable bonds is 5. The summed E-state index contributed by atoms with van der Waals surface area (Å²) in [4.78, 5) is 0.969. The van der Waals surface area contributed by atoms with Crippen molar-refractivity contribution in [3.63, 3.8) is 0 Å². The van der Waals surface area contributed by atoms with Gasteiger partial charge in [0.05, 0.1) is 0 Å². The van der Waals surface area contributed by atoms with Crippen LogP contribution in [0.4, 0.5) is 13.2 Å². The molecular weight excluding hydrogens is 281 g/mol. The maximum atomic E-state index is 12.6. The van der Waals surface area contributed by atoms with E-state index in [-0.39, 0.29) is 5.75 Å². The molecule has 0 bridgehead atoms. The quantitative estimate of drug-likeness (QED) is 0.288. The number of hydrogen-bond acceptors (Lipinski definition) is 4. The second-order valence-corrected chi connectivity index (χ2v) is 4.49. The van der Waals surface area contributed by atoms with E-state index in [1.54, 1.807) is 24.3 Å². The first-order chi connectivity index (χ1) is 8.88. The van der Waals surface area contributed by atoms with Crippen molar-refractivity contribution >= 4 is 17.6 Å². The van der Waals surface area contributed by atoms with Crippen LogP contribution in [0, 0.1) is 5.92 Å². The third-order valence-corrected chi connectivity index (χ3v) is 3.09. The van der Waals surface area contributed by atoms with Gasteiger partial charge in [-0.3, -0.25) is 0 Å². The van der Waals surface area contributed by atoms with Crippen molar-refractivity contribution in [1.82, 2.24) is 0 Å². The summed E-state index contributed by atoms with van der Waals surface area (Å²) in [6, 6.07) is 6.58. The Morgan fingerprint density at radius 1 is 1.42 bits per heavy atom. The molecule has 0 saturated heterocycles. The Bertz CT molecular complexity index is 435. The third-order valence-electron chi connectivity index (χ3n) is 2.34. The van der Waals surface area contributed by atoms with E-state index in [9.17, 15) is 13.2 Å². The van der Waals surface area contributed by atoms with Crippen LogP contribution >= 0.6 is 11.8 Å². The lowest BCUT2D eigenvalue weighted by Gasteiger charge is -2.19. The summed E-state index contributed by atoms with van der Waals surface area (Å²) in [7, 11) is 0. The SMILES string of the molecule is CSc1ccc(OCC(/C(N)=N/O)C(F)(F)F)cc1. The fourth-order valence-electron chi connectivity index (χ4n) is 1.27. The fraction of sp³-hybridized carbons (Fsp3) is 0.364. The third kappa shape index (κ3) is 4.55. The molecule has 1 rings (SSSR count). The lowest BCUT2D eigenvalue weighted by molar-refractivity contribution is -0.162. The number of benzene rings is 1. The van der Waals surface area contributed by atoms with Gasteiger partial charge < -0.3 is 15.7 Å². The molecule has 0 fully saturated rings. The normalized spacial score (nSPS) is 14.2. The molecule has 3 N–H and O–H groups in total. The predicted molar refractivity (Wildman–Crippen MR) is 66.7 cm³/mol. The summed E-state index contributed by atoms with van der Waals surface area (Å²) in [6.45, 7) is -0.738. The lowest BCUT2D eigenvalue weighted by atomic mass is 10.1. The van der Waals surface area contributed by atoms with E-state index < -0.39 is 24.5 Å². The number of halogens is 3. The highest BCUT2D eigenvalue weighted by atomic mass is 32.2. The van der Waals surface area contributed by atoms with Crippen molar-refractivity contribution in [3.8, 4) is 5.75 Å². The number of nitrogens with zero attached hydrogens (tertiary/aromatic N) is 1. The summed E-state index contributed by atoms with van der Waals surface area (Å²) in [6.07, 6.45) is -2.75. The Morgan fingerprint density at radius 3 is 2.42 bits per heavy atom. The number of nitrogens with two attached hydrogens (primary N) is 1. The van der Waals surface area contributed by atoms with Crippen LogP contribution in [0.25, 0.3) is 0 Å². The molecule has 0 aliphatic rings. The zero-order valence-electron chi connectivity index (χ0n) is 10.0. The second kappa shape index (κ2) is 6.55. The van der Waals surface area contributed by atoms with Crippen molar-refractivity contribution in [1.29, 1.82) is 0 Å². The van der Waals surface area contributed by atoms with Crippen molar-refractivity contribution < 1.29 is 23.1 Å². The Hall–Kier alpha value is -1.57. The van der Waals surface area contributed by atoms with E-state index in [4.69, 9.17) is 15.7 Å². The van der Waals surface area contributed by atoms with Crippen LogP contribution in [0.3, 0.4) is 0 Å². The molecule has 0 aliphatic carbocycles. The average Bonchev–Trinajstić information content (AvgIpc) is 2.37. The Morgan fingerprint density at radius 2 is 2.00 bits per heavy atom. The molecule has 106 valence electrons. The number of alkyl halides is 3. The summed E-state index contributed by atoms with van der Waals surface area (Å²) in [5.41, 5.74) is 5.01. The Balaban J connectivity index is 2.71. The molecule has 1 aromatic carbocycles. The highest BCUT2D eigenvalue weighted by molar-refractivity contribution is 7.98. The van der Waals surface area contributed by atoms with Crippen molar-refractivity contribution in [2.24, 2.45) is 16.8 Å². The molecule has 0 heterocycles. The van der Waals surface area contributed by atoms with Crippen LogP contribution in [0.2, 0.25) is 0 Å². The van der Waals surface area contributed by atoms with Gasteiger partial charge in [-0.2, -0.15) is 13.2 Å². The van der Waals surface area contributed by atoms with Gasteiger partial charge in [-0.05, 0) is 30.5 Å². The number of ether oxygens (including phenoxy) is 1. The van der Waals surface area contributed by atoms with E-state index in [2.05, 4.69) is 5.16 Å². The van der Waals surface area contributed by atoms with Crippen molar-refractivity contribution in [2.45, 2.75) is 11.1 Å². The molecule has 4 nitrogen and oxygen atoms in total. The molecule has 0 saturated carbocycles. The number of hydrogen-bond donors (Lipinski definition) is 2. The van der Waals surface area contributed by atoms with Gasteiger partial charge in [0.1, 0.15) is 18.3 Å². The molecule has 0 spiro atoms. The van der Waals surface area contributed by atoms with Gasteiger partial charge in [0.15, 0.2) is 5.84 Å². The molecule has 8 heteroatoms. The Kier molecular flexibility index (Phi) is 5.34. The van der Waals surface area contributed by atoms with E-state index in [0.717, 1.165) is 4.90 Å². The Labute approximate surface area is 112 Å². The van der Waals surface area contributed by atoms with Gasteiger partial charge >= 0.3 is 6.18 Å². The van der Waals surface area contributed by atoms with Gasteiger partial charge in [0.25, 0.3) is 0 Å². The van der Waals surface area contributed by atoms with Crippen LogP contribution in [0.15, 0.2) is 34.3 Å². The van der Waals surface area contributed by atoms with Crippen LogP contribution in [-0.4, -0.2) is 30.1 Å². The smallest absolute Gasteiger partial charge is 0.402 e. The predicted octanol–water partition coefficient (Wildman–Crippen LogP) is 2.71.